The molecule has 11 heteroatoms. The van der Waals surface area contributed by atoms with Crippen LogP contribution in [0.15, 0.2) is 91.3 Å². The zero-order valence-electron chi connectivity index (χ0n) is 27.0. The van der Waals surface area contributed by atoms with Gasteiger partial charge in [-0.1, -0.05) is 80.6 Å². The smallest absolute Gasteiger partial charge is 0.326 e. The Morgan fingerprint density at radius 2 is 1.15 bits per heavy atom. The predicted octanol–water partition coefficient (Wildman–Crippen LogP) is 3.59. The van der Waals surface area contributed by atoms with Gasteiger partial charge in [0.2, 0.25) is 17.7 Å². The van der Waals surface area contributed by atoms with Gasteiger partial charge in [0.15, 0.2) is 0 Å². The van der Waals surface area contributed by atoms with E-state index in [0.717, 1.165) is 38.5 Å². The van der Waals surface area contributed by atoms with Crippen molar-refractivity contribution in [2.24, 2.45) is 11.7 Å². The number of fused-ring (bicyclic) bond motifs is 2. The number of para-hydroxylation sites is 2. The van der Waals surface area contributed by atoms with Crippen molar-refractivity contribution >= 4 is 45.5 Å². The topological polar surface area (TPSA) is 182 Å². The summed E-state index contributed by atoms with van der Waals surface area (Å²) in [4.78, 5) is 59.5. The van der Waals surface area contributed by atoms with Crippen LogP contribution in [-0.4, -0.2) is 62.9 Å². The van der Waals surface area contributed by atoms with E-state index in [2.05, 4.69) is 25.9 Å². The normalized spacial score (nSPS) is 13.9. The van der Waals surface area contributed by atoms with Gasteiger partial charge < -0.3 is 36.8 Å². The van der Waals surface area contributed by atoms with E-state index in [1.165, 1.54) is 0 Å². The van der Waals surface area contributed by atoms with Gasteiger partial charge in [-0.2, -0.15) is 0 Å². The van der Waals surface area contributed by atoms with Crippen molar-refractivity contribution in [3.63, 3.8) is 0 Å². The lowest BCUT2D eigenvalue weighted by molar-refractivity contribution is -0.142. The highest BCUT2D eigenvalue weighted by Crippen LogP contribution is 2.20. The summed E-state index contributed by atoms with van der Waals surface area (Å²) in [6.07, 6.45) is 4.27. The molecule has 250 valence electrons. The fraction of sp³-hybridized carbons (Fsp3) is 0.297. The van der Waals surface area contributed by atoms with E-state index in [9.17, 15) is 24.3 Å². The number of carbonyl (C=O) groups is 4. The molecule has 48 heavy (non-hydrogen) atoms. The van der Waals surface area contributed by atoms with Gasteiger partial charge in [-0.3, -0.25) is 14.4 Å². The average molecular weight is 651 g/mol. The number of aromatic nitrogens is 2. The molecule has 0 saturated carbocycles. The number of carbonyl (C=O) groups excluding carboxylic acids is 3. The van der Waals surface area contributed by atoms with Crippen LogP contribution < -0.4 is 21.7 Å². The maximum absolute atomic E-state index is 13.8. The summed E-state index contributed by atoms with van der Waals surface area (Å²) in [6.45, 7) is 3.85. The van der Waals surface area contributed by atoms with Gasteiger partial charge in [-0.25, -0.2) is 4.79 Å². The maximum Gasteiger partial charge on any atom is 0.326 e. The second-order valence-corrected chi connectivity index (χ2v) is 12.6. The molecule has 0 spiro atoms. The summed E-state index contributed by atoms with van der Waals surface area (Å²) in [7, 11) is 0. The van der Waals surface area contributed by atoms with Gasteiger partial charge in [-0.15, -0.1) is 0 Å². The lowest BCUT2D eigenvalue weighted by Gasteiger charge is -2.26. The molecule has 2 heterocycles. The Morgan fingerprint density at radius 3 is 1.73 bits per heavy atom. The van der Waals surface area contributed by atoms with E-state index in [1.807, 2.05) is 98.9 Å². The Morgan fingerprint density at radius 1 is 0.646 bits per heavy atom. The number of benzene rings is 3. The highest BCUT2D eigenvalue weighted by molar-refractivity contribution is 5.95. The highest BCUT2D eigenvalue weighted by Gasteiger charge is 2.31. The number of hydrogen-bond donors (Lipinski definition) is 7. The summed E-state index contributed by atoms with van der Waals surface area (Å²) in [5, 5.41) is 20.2. The molecule has 4 unspecified atom stereocenters. The Balaban J connectivity index is 1.31. The number of amides is 3. The lowest BCUT2D eigenvalue weighted by atomic mass is 9.99. The van der Waals surface area contributed by atoms with Crippen molar-refractivity contribution < 1.29 is 24.3 Å². The Kier molecular flexibility index (Phi) is 10.9. The van der Waals surface area contributed by atoms with E-state index >= 15 is 0 Å². The van der Waals surface area contributed by atoms with Crippen LogP contribution in [-0.2, 0) is 38.4 Å². The molecule has 0 aliphatic carbocycles. The molecule has 0 bridgehead atoms. The van der Waals surface area contributed by atoms with Crippen LogP contribution in [0.2, 0.25) is 0 Å². The number of H-pyrrole nitrogens is 2. The van der Waals surface area contributed by atoms with Crippen molar-refractivity contribution in [1.82, 2.24) is 25.9 Å². The molecule has 3 amide bonds. The highest BCUT2D eigenvalue weighted by atomic mass is 16.4. The van der Waals surface area contributed by atoms with Crippen LogP contribution >= 0.6 is 0 Å². The summed E-state index contributed by atoms with van der Waals surface area (Å²) in [6, 6.07) is 20.1. The number of nitrogens with one attached hydrogen (secondary N) is 5. The first kappa shape index (κ1) is 33.9. The van der Waals surface area contributed by atoms with Gasteiger partial charge in [0.25, 0.3) is 0 Å². The van der Waals surface area contributed by atoms with Crippen molar-refractivity contribution in [2.45, 2.75) is 63.7 Å². The molecule has 0 radical (unpaired) electrons. The van der Waals surface area contributed by atoms with Gasteiger partial charge >= 0.3 is 5.97 Å². The van der Waals surface area contributed by atoms with Crippen LogP contribution in [0.5, 0.6) is 0 Å². The molecular weight excluding hydrogens is 608 g/mol. The molecule has 0 aliphatic heterocycles. The Hall–Kier alpha value is -5.42. The minimum atomic E-state index is -1.25. The van der Waals surface area contributed by atoms with E-state index in [4.69, 9.17) is 5.73 Å². The first-order valence-electron chi connectivity index (χ1n) is 16.1. The molecule has 2 aromatic heterocycles. The van der Waals surface area contributed by atoms with Gasteiger partial charge in [0.1, 0.15) is 18.1 Å². The van der Waals surface area contributed by atoms with Crippen LogP contribution in [0.25, 0.3) is 21.8 Å². The van der Waals surface area contributed by atoms with Crippen molar-refractivity contribution in [2.75, 3.05) is 0 Å². The largest absolute Gasteiger partial charge is 0.480 e. The fourth-order valence-electron chi connectivity index (χ4n) is 5.94. The van der Waals surface area contributed by atoms with E-state index < -0.39 is 47.9 Å². The third-order valence-corrected chi connectivity index (χ3v) is 8.42. The monoisotopic (exact) mass is 650 g/mol. The molecule has 11 nitrogen and oxygen atoms in total. The van der Waals surface area contributed by atoms with E-state index in [1.54, 1.807) is 6.20 Å². The van der Waals surface area contributed by atoms with Crippen LogP contribution in [0, 0.1) is 5.92 Å². The zero-order chi connectivity index (χ0) is 34.2. The minimum Gasteiger partial charge on any atom is -0.480 e. The molecule has 0 aliphatic rings. The summed E-state index contributed by atoms with van der Waals surface area (Å²) >= 11 is 0. The molecule has 4 atom stereocenters. The molecule has 5 aromatic rings. The zero-order valence-corrected chi connectivity index (χ0v) is 27.0. The molecule has 8 N–H and O–H groups in total. The number of nitrogens with two attached hydrogens (primary N) is 1. The minimum absolute atomic E-state index is 0.0276. The van der Waals surface area contributed by atoms with Gasteiger partial charge in [0.05, 0.1) is 6.04 Å². The molecule has 3 aromatic carbocycles. The fourth-order valence-corrected chi connectivity index (χ4v) is 5.94. The Labute approximate surface area is 278 Å². The molecule has 5 rings (SSSR count). The quantitative estimate of drug-likeness (QED) is 0.0909. The molecule has 0 fully saturated rings. The van der Waals surface area contributed by atoms with Crippen molar-refractivity contribution in [3.8, 4) is 0 Å². The lowest BCUT2D eigenvalue weighted by Crippen LogP contribution is -2.58. The number of aliphatic carboxylic acids is 1. The second kappa shape index (κ2) is 15.4. The third-order valence-electron chi connectivity index (χ3n) is 8.42. The van der Waals surface area contributed by atoms with Crippen LogP contribution in [0.4, 0.5) is 0 Å². The van der Waals surface area contributed by atoms with E-state index in [0.29, 0.717) is 6.42 Å². The average Bonchev–Trinajstić information content (AvgIpc) is 3.67. The number of carboxylic acid groups (broad SMARTS) is 1. The number of rotatable bonds is 15. The summed E-state index contributed by atoms with van der Waals surface area (Å²) < 4.78 is 0. The van der Waals surface area contributed by atoms with Crippen LogP contribution in [0.1, 0.15) is 37.0 Å². The third kappa shape index (κ3) is 8.48. The first-order valence-corrected chi connectivity index (χ1v) is 16.1. The van der Waals surface area contributed by atoms with Gasteiger partial charge in [0, 0.05) is 47.0 Å². The van der Waals surface area contributed by atoms with Crippen LogP contribution in [0.3, 0.4) is 0 Å². The Bertz CT molecular complexity index is 1880. The standard InChI is InChI=1S/C37H42N6O5/c1-22(2)16-31(41-34(44)28(38)18-24-20-39-29-14-8-6-12-26(24)29)35(45)42-32(17-23-10-4-3-5-11-23)36(46)43-33(37(47)48)19-25-21-40-30-15-9-7-13-27(25)30/h3-15,20-22,28,31-33,39-40H,16-19,38H2,1-2H3,(H,41,44)(H,42,45)(H,43,46)(H,47,48). The summed E-state index contributed by atoms with van der Waals surface area (Å²) in [5.74, 6) is -2.87. The number of carboxylic acids is 1. The van der Waals surface area contributed by atoms with E-state index in [-0.39, 0.29) is 25.2 Å². The maximum atomic E-state index is 13.8. The first-order chi connectivity index (χ1) is 23.1. The SMILES string of the molecule is CC(C)CC(NC(=O)C(N)Cc1c[nH]c2ccccc12)C(=O)NC(Cc1ccccc1)C(=O)NC(Cc1c[nH]c2ccccc12)C(=O)O. The second-order valence-electron chi connectivity index (χ2n) is 12.6. The molecule has 0 saturated heterocycles. The summed E-state index contributed by atoms with van der Waals surface area (Å²) in [5.41, 5.74) is 10.5. The number of hydrogen-bond acceptors (Lipinski definition) is 5. The van der Waals surface area contributed by atoms with Crippen molar-refractivity contribution in [3.05, 3.63) is 108 Å². The van der Waals surface area contributed by atoms with Crippen molar-refractivity contribution in [1.29, 1.82) is 0 Å². The van der Waals surface area contributed by atoms with Gasteiger partial charge in [-0.05, 0) is 47.6 Å². The number of aromatic amines is 2. The molecular formula is C37H42N6O5. The predicted molar refractivity (Wildman–Crippen MR) is 185 cm³/mol.